The molecule has 1 aliphatic rings. The summed E-state index contributed by atoms with van der Waals surface area (Å²) in [5.74, 6) is -1.22. The van der Waals surface area contributed by atoms with Gasteiger partial charge in [0.2, 0.25) is 0 Å². The summed E-state index contributed by atoms with van der Waals surface area (Å²) in [5, 5.41) is 13.3. The Labute approximate surface area is 102 Å². The highest BCUT2D eigenvalue weighted by Gasteiger charge is 2.35. The molecule has 1 aromatic carbocycles. The molecule has 1 aliphatic carbocycles. The topological polar surface area (TPSA) is 98.3 Å². The minimum atomic E-state index is -0.857. The van der Waals surface area contributed by atoms with Crippen LogP contribution in [0, 0.1) is 21.8 Å². The van der Waals surface area contributed by atoms with Crippen molar-refractivity contribution in [2.45, 2.75) is 19.4 Å². The number of carbonyl (C=O) groups excluding carboxylic acids is 1. The van der Waals surface area contributed by atoms with Crippen LogP contribution in [0.15, 0.2) is 12.1 Å². The lowest BCUT2D eigenvalue weighted by molar-refractivity contribution is -0.384. The fourth-order valence-electron chi connectivity index (χ4n) is 1.74. The van der Waals surface area contributed by atoms with Gasteiger partial charge in [0.25, 0.3) is 11.6 Å². The molecular weight excluding hydrogens is 241 g/mol. The van der Waals surface area contributed by atoms with Crippen LogP contribution < -0.4 is 11.1 Å². The third-order valence-corrected chi connectivity index (χ3v) is 3.02. The van der Waals surface area contributed by atoms with Crippen LogP contribution in [0.1, 0.15) is 23.7 Å². The van der Waals surface area contributed by atoms with E-state index in [1.807, 2.05) is 6.92 Å². The van der Waals surface area contributed by atoms with Gasteiger partial charge in [-0.2, -0.15) is 0 Å². The van der Waals surface area contributed by atoms with Crippen LogP contribution in [-0.2, 0) is 0 Å². The monoisotopic (exact) mass is 253 g/mol. The van der Waals surface area contributed by atoms with E-state index in [2.05, 4.69) is 5.32 Å². The molecule has 0 heterocycles. The molecule has 18 heavy (non-hydrogen) atoms. The zero-order valence-electron chi connectivity index (χ0n) is 9.64. The van der Waals surface area contributed by atoms with E-state index in [0.29, 0.717) is 5.92 Å². The van der Waals surface area contributed by atoms with E-state index in [1.165, 1.54) is 0 Å². The number of carbonyl (C=O) groups is 1. The number of nitrogens with two attached hydrogens (primary N) is 1. The number of hydrogen-bond donors (Lipinski definition) is 2. The quantitative estimate of drug-likeness (QED) is 0.484. The van der Waals surface area contributed by atoms with E-state index in [-0.39, 0.29) is 6.04 Å². The third-order valence-electron chi connectivity index (χ3n) is 3.02. The molecule has 6 nitrogen and oxygen atoms in total. The Morgan fingerprint density at radius 1 is 1.61 bits per heavy atom. The highest BCUT2D eigenvalue weighted by molar-refractivity contribution is 6.01. The zero-order chi connectivity index (χ0) is 13.4. The molecule has 3 N–H and O–H groups in total. The van der Waals surface area contributed by atoms with Crippen LogP contribution in [0.3, 0.4) is 0 Å². The number of halogens is 1. The molecule has 1 aromatic rings. The van der Waals surface area contributed by atoms with Crippen molar-refractivity contribution in [3.8, 4) is 0 Å². The molecule has 0 bridgehead atoms. The van der Waals surface area contributed by atoms with Crippen LogP contribution in [0.25, 0.3) is 0 Å². The molecule has 2 unspecified atom stereocenters. The largest absolute Gasteiger partial charge is 0.392 e. The SMILES string of the molecule is CC1CC1NC(=O)c1c(F)ccc([N+](=O)[O-])c1N. The first-order valence-electron chi connectivity index (χ1n) is 5.45. The summed E-state index contributed by atoms with van der Waals surface area (Å²) in [6.45, 7) is 1.94. The first kappa shape index (κ1) is 12.3. The van der Waals surface area contributed by atoms with Crippen LogP contribution in [0.4, 0.5) is 15.8 Å². The summed E-state index contributed by atoms with van der Waals surface area (Å²) in [6.07, 6.45) is 0.822. The highest BCUT2D eigenvalue weighted by atomic mass is 19.1. The van der Waals surface area contributed by atoms with Gasteiger partial charge in [-0.15, -0.1) is 0 Å². The normalized spacial score (nSPS) is 21.4. The van der Waals surface area contributed by atoms with Crippen LogP contribution in [-0.4, -0.2) is 16.9 Å². The second kappa shape index (κ2) is 4.25. The summed E-state index contributed by atoms with van der Waals surface area (Å²) >= 11 is 0. The van der Waals surface area contributed by atoms with E-state index >= 15 is 0 Å². The maximum atomic E-state index is 13.5. The molecule has 0 aromatic heterocycles. The lowest BCUT2D eigenvalue weighted by atomic mass is 10.1. The number of nitro benzene ring substituents is 1. The van der Waals surface area contributed by atoms with E-state index in [9.17, 15) is 19.3 Å². The molecule has 2 rings (SSSR count). The summed E-state index contributed by atoms with van der Waals surface area (Å²) < 4.78 is 13.5. The first-order valence-corrected chi connectivity index (χ1v) is 5.45. The Hall–Kier alpha value is -2.18. The Bertz CT molecular complexity index is 533. The lowest BCUT2D eigenvalue weighted by Gasteiger charge is -2.08. The second-order valence-corrected chi connectivity index (χ2v) is 4.41. The average Bonchev–Trinajstić information content (AvgIpc) is 2.93. The van der Waals surface area contributed by atoms with Crippen molar-refractivity contribution < 1.29 is 14.1 Å². The maximum Gasteiger partial charge on any atom is 0.293 e. The Morgan fingerprint density at radius 3 is 2.72 bits per heavy atom. The van der Waals surface area contributed by atoms with Gasteiger partial charge in [-0.05, 0) is 18.4 Å². The van der Waals surface area contributed by atoms with Crippen molar-refractivity contribution in [3.63, 3.8) is 0 Å². The number of amides is 1. The van der Waals surface area contributed by atoms with E-state index < -0.39 is 33.6 Å². The minimum Gasteiger partial charge on any atom is -0.392 e. The van der Waals surface area contributed by atoms with Gasteiger partial charge in [-0.25, -0.2) is 4.39 Å². The lowest BCUT2D eigenvalue weighted by Crippen LogP contribution is -2.28. The molecule has 7 heteroatoms. The second-order valence-electron chi connectivity index (χ2n) is 4.41. The first-order chi connectivity index (χ1) is 8.41. The summed E-state index contributed by atoms with van der Waals surface area (Å²) in [7, 11) is 0. The van der Waals surface area contributed by atoms with Gasteiger partial charge in [0, 0.05) is 12.1 Å². The van der Waals surface area contributed by atoms with Crippen molar-refractivity contribution in [1.82, 2.24) is 5.32 Å². The van der Waals surface area contributed by atoms with Crippen molar-refractivity contribution in [1.29, 1.82) is 0 Å². The smallest absolute Gasteiger partial charge is 0.293 e. The van der Waals surface area contributed by atoms with Gasteiger partial charge in [0.05, 0.1) is 4.92 Å². The Kier molecular flexibility index (Phi) is 2.90. The average molecular weight is 253 g/mol. The maximum absolute atomic E-state index is 13.5. The third kappa shape index (κ3) is 2.11. The van der Waals surface area contributed by atoms with Crippen molar-refractivity contribution in [2.24, 2.45) is 5.92 Å². The van der Waals surface area contributed by atoms with Gasteiger partial charge in [-0.1, -0.05) is 6.92 Å². The summed E-state index contributed by atoms with van der Waals surface area (Å²) in [5.41, 5.74) is 4.11. The van der Waals surface area contributed by atoms with Crippen LogP contribution >= 0.6 is 0 Å². The van der Waals surface area contributed by atoms with Gasteiger partial charge < -0.3 is 11.1 Å². The predicted octanol–water partition coefficient (Wildman–Crippen LogP) is 1.45. The van der Waals surface area contributed by atoms with Crippen LogP contribution in [0.5, 0.6) is 0 Å². The molecule has 2 atom stereocenters. The van der Waals surface area contributed by atoms with Gasteiger partial charge in [0.1, 0.15) is 17.1 Å². The molecule has 1 amide bonds. The number of nitro groups is 1. The number of nitrogens with zero attached hydrogens (tertiary/aromatic N) is 1. The number of rotatable bonds is 3. The predicted molar refractivity (Wildman–Crippen MR) is 62.5 cm³/mol. The van der Waals surface area contributed by atoms with Crippen molar-refractivity contribution in [3.05, 3.63) is 33.6 Å². The Morgan fingerprint density at radius 2 is 2.22 bits per heavy atom. The van der Waals surface area contributed by atoms with Crippen molar-refractivity contribution in [2.75, 3.05) is 5.73 Å². The zero-order valence-corrected chi connectivity index (χ0v) is 9.64. The molecular formula is C11H12FN3O3. The standard InChI is InChI=1S/C11H12FN3O3/c1-5-4-7(5)14-11(16)9-6(12)2-3-8(10(9)13)15(17)18/h2-3,5,7H,4,13H2,1H3,(H,14,16). The fraction of sp³-hybridized carbons (Fsp3) is 0.364. The molecule has 0 saturated heterocycles. The molecule has 96 valence electrons. The minimum absolute atomic E-state index is 0.00411. The van der Waals surface area contributed by atoms with Crippen LogP contribution in [0.2, 0.25) is 0 Å². The van der Waals surface area contributed by atoms with Gasteiger partial charge in [-0.3, -0.25) is 14.9 Å². The summed E-state index contributed by atoms with van der Waals surface area (Å²) in [4.78, 5) is 21.7. The molecule has 1 saturated carbocycles. The summed E-state index contributed by atoms with van der Waals surface area (Å²) in [6, 6.07) is 1.82. The number of nitrogen functional groups attached to an aromatic ring is 1. The number of benzene rings is 1. The number of hydrogen-bond acceptors (Lipinski definition) is 4. The fourth-order valence-corrected chi connectivity index (χ4v) is 1.74. The molecule has 0 radical (unpaired) electrons. The van der Waals surface area contributed by atoms with E-state index in [0.717, 1.165) is 18.6 Å². The molecule has 1 fully saturated rings. The number of anilines is 1. The molecule has 0 aliphatic heterocycles. The van der Waals surface area contributed by atoms with Gasteiger partial charge in [0.15, 0.2) is 0 Å². The van der Waals surface area contributed by atoms with E-state index in [4.69, 9.17) is 5.73 Å². The highest BCUT2D eigenvalue weighted by Crippen LogP contribution is 2.31. The van der Waals surface area contributed by atoms with E-state index in [1.54, 1.807) is 0 Å². The van der Waals surface area contributed by atoms with Gasteiger partial charge >= 0.3 is 0 Å². The number of nitrogens with one attached hydrogen (secondary N) is 1. The Balaban J connectivity index is 2.33. The molecule has 0 spiro atoms. The van der Waals surface area contributed by atoms with Crippen molar-refractivity contribution >= 4 is 17.3 Å².